The average Bonchev–Trinajstić information content (AvgIpc) is 2.90. The van der Waals surface area contributed by atoms with Crippen molar-refractivity contribution in [3.63, 3.8) is 0 Å². The number of nitrogens with one attached hydrogen (secondary N) is 2. The SMILES string of the molecule is O=C(NC1CCCOCCN(O)C2(CCOCC2)C1)NC1CC2(CCOCC2)N(O)C2(CCOCC2)C1. The van der Waals surface area contributed by atoms with E-state index < -0.39 is 5.54 Å². The van der Waals surface area contributed by atoms with Gasteiger partial charge >= 0.3 is 6.03 Å². The summed E-state index contributed by atoms with van der Waals surface area (Å²) in [7, 11) is 0. The van der Waals surface area contributed by atoms with Crippen LogP contribution in [-0.4, -0.2) is 115 Å². The van der Waals surface area contributed by atoms with Crippen LogP contribution >= 0.6 is 0 Å². The van der Waals surface area contributed by atoms with Gasteiger partial charge in [0.05, 0.1) is 23.2 Å². The third kappa shape index (κ3) is 6.09. The molecule has 4 N–H and O–H groups in total. The van der Waals surface area contributed by atoms with Crippen LogP contribution in [0, 0.1) is 0 Å². The van der Waals surface area contributed by atoms with Gasteiger partial charge in [-0.05, 0) is 70.6 Å². The van der Waals surface area contributed by atoms with Crippen molar-refractivity contribution in [1.82, 2.24) is 20.8 Å². The van der Waals surface area contributed by atoms with Gasteiger partial charge in [0.2, 0.25) is 0 Å². The standard InChI is InChI=1S/C26H46N4O7/c31-23(27-21-2-1-10-34-17-9-29(32)24(18-21)3-11-35-12-4-24)28-22-19-25(5-13-36-14-6-25)30(33)26(20-22)7-15-37-16-8-26/h21-22,32-33H,1-20H2,(H2,27,28,31). The molecule has 5 fully saturated rings. The first-order valence-electron chi connectivity index (χ1n) is 14.3. The molecule has 212 valence electrons. The van der Waals surface area contributed by atoms with Crippen LogP contribution in [-0.2, 0) is 18.9 Å². The van der Waals surface area contributed by atoms with Crippen molar-refractivity contribution in [2.75, 3.05) is 59.4 Å². The largest absolute Gasteiger partial charge is 0.381 e. The van der Waals surface area contributed by atoms with Crippen molar-refractivity contribution in [3.05, 3.63) is 0 Å². The van der Waals surface area contributed by atoms with Crippen LogP contribution < -0.4 is 10.6 Å². The predicted octanol–water partition coefficient (Wildman–Crippen LogP) is 2.05. The van der Waals surface area contributed by atoms with Crippen molar-refractivity contribution < 1.29 is 34.2 Å². The Bertz CT molecular complexity index is 725. The Hall–Kier alpha value is -1.05. The molecular formula is C26H46N4O7. The van der Waals surface area contributed by atoms with E-state index in [4.69, 9.17) is 18.9 Å². The van der Waals surface area contributed by atoms with Crippen LogP contribution in [0.15, 0.2) is 0 Å². The van der Waals surface area contributed by atoms with Gasteiger partial charge in [0.1, 0.15) is 0 Å². The Labute approximate surface area is 220 Å². The second kappa shape index (κ2) is 12.0. The first kappa shape index (κ1) is 27.5. The predicted molar refractivity (Wildman–Crippen MR) is 134 cm³/mol. The van der Waals surface area contributed by atoms with E-state index in [9.17, 15) is 15.2 Å². The summed E-state index contributed by atoms with van der Waals surface area (Å²) >= 11 is 0. The van der Waals surface area contributed by atoms with Crippen LogP contribution in [0.4, 0.5) is 4.79 Å². The van der Waals surface area contributed by atoms with Gasteiger partial charge in [-0.1, -0.05) is 0 Å². The molecule has 0 saturated carbocycles. The molecular weight excluding hydrogens is 480 g/mol. The van der Waals surface area contributed by atoms with Crippen LogP contribution in [0.25, 0.3) is 0 Å². The number of carbonyl (C=O) groups excluding carboxylic acids is 1. The summed E-state index contributed by atoms with van der Waals surface area (Å²) in [6, 6.07) is -0.300. The number of nitrogens with zero attached hydrogens (tertiary/aromatic N) is 2. The molecule has 37 heavy (non-hydrogen) atoms. The maximum absolute atomic E-state index is 13.4. The number of urea groups is 1. The van der Waals surface area contributed by atoms with Gasteiger partial charge in [0, 0.05) is 64.9 Å². The summed E-state index contributed by atoms with van der Waals surface area (Å²) < 4.78 is 22.6. The molecule has 0 aromatic rings. The van der Waals surface area contributed by atoms with E-state index in [-0.39, 0.29) is 29.2 Å². The van der Waals surface area contributed by atoms with E-state index in [1.807, 2.05) is 0 Å². The lowest BCUT2D eigenvalue weighted by Crippen LogP contribution is -2.70. The van der Waals surface area contributed by atoms with Gasteiger partial charge in [0.25, 0.3) is 0 Å². The highest BCUT2D eigenvalue weighted by molar-refractivity contribution is 5.74. The first-order chi connectivity index (χ1) is 18.0. The van der Waals surface area contributed by atoms with E-state index >= 15 is 0 Å². The molecule has 0 aromatic carbocycles. The quantitative estimate of drug-likeness (QED) is 0.428. The highest BCUT2D eigenvalue weighted by Gasteiger charge is 2.55. The topological polar surface area (TPSA) is 125 Å². The van der Waals surface area contributed by atoms with Gasteiger partial charge in [-0.15, -0.1) is 0 Å². The Kier molecular flexibility index (Phi) is 8.92. The minimum absolute atomic E-state index is 0.0474. The number of rotatable bonds is 2. The molecule has 1 unspecified atom stereocenters. The van der Waals surface area contributed by atoms with E-state index in [2.05, 4.69) is 10.6 Å². The molecule has 5 aliphatic heterocycles. The smallest absolute Gasteiger partial charge is 0.315 e. The Morgan fingerprint density at radius 1 is 0.649 bits per heavy atom. The highest BCUT2D eigenvalue weighted by Crippen LogP contribution is 2.47. The van der Waals surface area contributed by atoms with Gasteiger partial charge in [-0.2, -0.15) is 10.1 Å². The summed E-state index contributed by atoms with van der Waals surface area (Å²) in [6.45, 7) is 5.27. The number of hydrogen-bond donors (Lipinski definition) is 4. The summed E-state index contributed by atoms with van der Waals surface area (Å²) in [5.74, 6) is 0. The summed E-state index contributed by atoms with van der Waals surface area (Å²) in [6.07, 6.45) is 8.21. The molecule has 11 nitrogen and oxygen atoms in total. The number of piperidine rings is 1. The molecule has 0 aliphatic carbocycles. The molecule has 2 amide bonds. The van der Waals surface area contributed by atoms with Crippen molar-refractivity contribution in [2.24, 2.45) is 0 Å². The third-order valence-corrected chi connectivity index (χ3v) is 9.55. The van der Waals surface area contributed by atoms with Crippen LogP contribution in [0.5, 0.6) is 0 Å². The number of hydroxylamine groups is 4. The average molecular weight is 527 g/mol. The lowest BCUT2D eigenvalue weighted by Gasteiger charge is -2.59. The van der Waals surface area contributed by atoms with Crippen molar-refractivity contribution in [3.8, 4) is 0 Å². The Morgan fingerprint density at radius 3 is 1.68 bits per heavy atom. The van der Waals surface area contributed by atoms with Crippen LogP contribution in [0.1, 0.15) is 70.6 Å². The number of amides is 2. The molecule has 5 saturated heterocycles. The monoisotopic (exact) mass is 526 g/mol. The molecule has 0 bridgehead atoms. The van der Waals surface area contributed by atoms with E-state index in [1.54, 1.807) is 5.06 Å². The van der Waals surface area contributed by atoms with Crippen molar-refractivity contribution >= 4 is 6.03 Å². The lowest BCUT2D eigenvalue weighted by molar-refractivity contribution is -0.294. The van der Waals surface area contributed by atoms with Crippen molar-refractivity contribution in [2.45, 2.75) is 99.3 Å². The fraction of sp³-hybridized carbons (Fsp3) is 0.962. The number of ether oxygens (including phenoxy) is 4. The maximum Gasteiger partial charge on any atom is 0.315 e. The van der Waals surface area contributed by atoms with Gasteiger partial charge < -0.3 is 40.0 Å². The van der Waals surface area contributed by atoms with Crippen LogP contribution in [0.3, 0.4) is 0 Å². The summed E-state index contributed by atoms with van der Waals surface area (Å²) in [4.78, 5) is 13.4. The summed E-state index contributed by atoms with van der Waals surface area (Å²) in [5.41, 5.74) is -1.19. The highest BCUT2D eigenvalue weighted by atomic mass is 16.5. The third-order valence-electron chi connectivity index (χ3n) is 9.55. The molecule has 11 heteroatoms. The zero-order chi connectivity index (χ0) is 25.8. The zero-order valence-electron chi connectivity index (χ0n) is 22.1. The number of hydrogen-bond acceptors (Lipinski definition) is 9. The molecule has 5 aliphatic rings. The normalized spacial score (nSPS) is 33.2. The fourth-order valence-corrected chi connectivity index (χ4v) is 7.44. The Balaban J connectivity index is 1.27. The second-order valence-electron chi connectivity index (χ2n) is 11.8. The first-order valence-corrected chi connectivity index (χ1v) is 14.3. The molecule has 5 rings (SSSR count). The van der Waals surface area contributed by atoms with E-state index in [1.165, 1.54) is 5.06 Å². The van der Waals surface area contributed by atoms with Crippen molar-refractivity contribution in [1.29, 1.82) is 0 Å². The van der Waals surface area contributed by atoms with Crippen LogP contribution in [0.2, 0.25) is 0 Å². The minimum Gasteiger partial charge on any atom is -0.381 e. The fourth-order valence-electron chi connectivity index (χ4n) is 7.44. The minimum atomic E-state index is -0.419. The van der Waals surface area contributed by atoms with Gasteiger partial charge in [-0.25, -0.2) is 4.79 Å². The molecule has 3 spiro atoms. The molecule has 0 radical (unpaired) electrons. The summed E-state index contributed by atoms with van der Waals surface area (Å²) in [5, 5.41) is 32.1. The number of carbonyl (C=O) groups is 1. The maximum atomic E-state index is 13.4. The second-order valence-corrected chi connectivity index (χ2v) is 11.8. The Morgan fingerprint density at radius 2 is 1.11 bits per heavy atom. The molecule has 0 aromatic heterocycles. The van der Waals surface area contributed by atoms with E-state index in [0.717, 1.165) is 51.4 Å². The molecule has 5 heterocycles. The zero-order valence-corrected chi connectivity index (χ0v) is 22.1. The lowest BCUT2D eigenvalue weighted by atomic mass is 9.69. The van der Waals surface area contributed by atoms with E-state index in [0.29, 0.717) is 78.7 Å². The molecule has 1 atom stereocenters. The van der Waals surface area contributed by atoms with Gasteiger partial charge in [-0.3, -0.25) is 0 Å². The van der Waals surface area contributed by atoms with Gasteiger partial charge in [0.15, 0.2) is 0 Å².